The van der Waals surface area contributed by atoms with Crippen LogP contribution in [0.2, 0.25) is 0 Å². The lowest BCUT2D eigenvalue weighted by Crippen LogP contribution is -2.27. The minimum atomic E-state index is -0.182. The van der Waals surface area contributed by atoms with Crippen LogP contribution in [-0.4, -0.2) is 45.2 Å². The highest BCUT2D eigenvalue weighted by Crippen LogP contribution is 2.13. The Hall–Kier alpha value is -2.44. The molecule has 88 valence electrons. The zero-order valence-corrected chi connectivity index (χ0v) is 9.53. The lowest BCUT2D eigenvalue weighted by molar-refractivity contribution is 0.230. The minimum Gasteiger partial charge on any atom is -0.331 e. The Kier molecular flexibility index (Phi) is 2.99. The van der Waals surface area contributed by atoms with Crippen LogP contribution in [0, 0.1) is 0 Å². The molecule has 1 aromatic heterocycles. The second kappa shape index (κ2) is 4.60. The third-order valence-corrected chi connectivity index (χ3v) is 2.12. The summed E-state index contributed by atoms with van der Waals surface area (Å²) in [5.41, 5.74) is 1.48. The number of urea groups is 1. The molecule has 0 atom stereocenters. The van der Waals surface area contributed by atoms with Crippen LogP contribution in [0.4, 0.5) is 10.5 Å². The van der Waals surface area contributed by atoms with Crippen LogP contribution >= 0.6 is 0 Å². The van der Waals surface area contributed by atoms with Crippen LogP contribution in [0.3, 0.4) is 0 Å². The van der Waals surface area contributed by atoms with Crippen LogP contribution in [-0.2, 0) is 0 Å². The van der Waals surface area contributed by atoms with E-state index in [0.29, 0.717) is 5.69 Å². The van der Waals surface area contributed by atoms with E-state index in [9.17, 15) is 4.79 Å². The number of carbonyl (C=O) groups excluding carboxylic acids is 1. The van der Waals surface area contributed by atoms with E-state index in [-0.39, 0.29) is 6.03 Å². The summed E-state index contributed by atoms with van der Waals surface area (Å²) in [5.74, 6) is 0. The first-order valence-corrected chi connectivity index (χ1v) is 4.98. The molecule has 0 aliphatic carbocycles. The fraction of sp³-hybridized carbons (Fsp3) is 0.200. The maximum Gasteiger partial charge on any atom is 0.321 e. The lowest BCUT2D eigenvalue weighted by atomic mass is 10.3. The van der Waals surface area contributed by atoms with Gasteiger partial charge in [-0.1, -0.05) is 6.07 Å². The largest absolute Gasteiger partial charge is 0.331 e. The number of hydrogen-bond donors (Lipinski definition) is 1. The zero-order chi connectivity index (χ0) is 12.3. The van der Waals surface area contributed by atoms with E-state index in [2.05, 4.69) is 20.8 Å². The summed E-state index contributed by atoms with van der Waals surface area (Å²) in [6.45, 7) is 0. The predicted octanol–water partition coefficient (Wildman–Crippen LogP) is 0.756. The molecule has 7 nitrogen and oxygen atoms in total. The normalized spacial score (nSPS) is 10.0. The summed E-state index contributed by atoms with van der Waals surface area (Å²) >= 11 is 0. The highest BCUT2D eigenvalue weighted by molar-refractivity contribution is 5.89. The number of amides is 2. The molecule has 0 fully saturated rings. The van der Waals surface area contributed by atoms with E-state index < -0.39 is 0 Å². The topological polar surface area (TPSA) is 75.9 Å². The average Bonchev–Trinajstić information content (AvgIpc) is 2.82. The first kappa shape index (κ1) is 11.1. The number of rotatable bonds is 2. The Bertz CT molecular complexity index is 507. The van der Waals surface area contributed by atoms with Gasteiger partial charge in [-0.05, 0) is 28.6 Å². The van der Waals surface area contributed by atoms with Crippen LogP contribution in [0.5, 0.6) is 0 Å². The Balaban J connectivity index is 2.20. The highest BCUT2D eigenvalue weighted by atomic mass is 16.2. The van der Waals surface area contributed by atoms with Gasteiger partial charge in [0.15, 0.2) is 0 Å². The van der Waals surface area contributed by atoms with Crippen molar-refractivity contribution in [3.63, 3.8) is 0 Å². The molecule has 0 bridgehead atoms. The van der Waals surface area contributed by atoms with Gasteiger partial charge in [-0.15, -0.1) is 5.10 Å². The van der Waals surface area contributed by atoms with Gasteiger partial charge in [-0.25, -0.2) is 9.48 Å². The molecule has 1 aromatic carbocycles. The number of aromatic nitrogens is 4. The summed E-state index contributed by atoms with van der Waals surface area (Å²) in [4.78, 5) is 12.9. The molecule has 0 unspecified atom stereocenters. The molecule has 2 rings (SSSR count). The van der Waals surface area contributed by atoms with Crippen molar-refractivity contribution in [3.05, 3.63) is 30.6 Å². The molecule has 0 radical (unpaired) electrons. The average molecular weight is 232 g/mol. The van der Waals surface area contributed by atoms with Crippen molar-refractivity contribution in [2.24, 2.45) is 0 Å². The van der Waals surface area contributed by atoms with E-state index in [1.165, 1.54) is 15.9 Å². The Morgan fingerprint density at radius 3 is 2.88 bits per heavy atom. The molecule has 0 saturated carbocycles. The van der Waals surface area contributed by atoms with E-state index in [0.717, 1.165) is 5.69 Å². The molecule has 1 N–H and O–H groups in total. The standard InChI is InChI=1S/C10H12N6O/c1-15(2)10(17)12-8-4-3-5-9(6-8)16-7-11-13-14-16/h3-7H,1-2H3,(H,12,17). The van der Waals surface area contributed by atoms with E-state index in [1.807, 2.05) is 12.1 Å². The van der Waals surface area contributed by atoms with Crippen molar-refractivity contribution in [1.82, 2.24) is 25.1 Å². The van der Waals surface area contributed by atoms with Crippen LogP contribution in [0.1, 0.15) is 0 Å². The summed E-state index contributed by atoms with van der Waals surface area (Å²) in [5, 5.41) is 13.6. The van der Waals surface area contributed by atoms with Gasteiger partial charge < -0.3 is 10.2 Å². The van der Waals surface area contributed by atoms with Crippen molar-refractivity contribution in [2.45, 2.75) is 0 Å². The van der Waals surface area contributed by atoms with Crippen molar-refractivity contribution in [1.29, 1.82) is 0 Å². The molecule has 0 saturated heterocycles. The number of carbonyl (C=O) groups is 1. The molecular formula is C10H12N6O. The SMILES string of the molecule is CN(C)C(=O)Nc1cccc(-n2cnnn2)c1. The molecule has 2 aromatic rings. The zero-order valence-electron chi connectivity index (χ0n) is 9.53. The third kappa shape index (κ3) is 2.57. The molecule has 17 heavy (non-hydrogen) atoms. The maximum atomic E-state index is 11.5. The van der Waals surface area contributed by atoms with E-state index in [1.54, 1.807) is 26.2 Å². The summed E-state index contributed by atoms with van der Waals surface area (Å²) in [7, 11) is 3.36. The Morgan fingerprint density at radius 2 is 2.24 bits per heavy atom. The van der Waals surface area contributed by atoms with Crippen molar-refractivity contribution in [3.8, 4) is 5.69 Å². The van der Waals surface area contributed by atoms with E-state index in [4.69, 9.17) is 0 Å². The number of nitrogens with zero attached hydrogens (tertiary/aromatic N) is 5. The monoisotopic (exact) mass is 232 g/mol. The van der Waals surface area contributed by atoms with Crippen molar-refractivity contribution in [2.75, 3.05) is 19.4 Å². The second-order valence-corrected chi connectivity index (χ2v) is 3.63. The number of benzene rings is 1. The number of hydrogen-bond acceptors (Lipinski definition) is 4. The van der Waals surface area contributed by atoms with Crippen LogP contribution in [0.25, 0.3) is 5.69 Å². The fourth-order valence-corrected chi connectivity index (χ4v) is 1.24. The minimum absolute atomic E-state index is 0.182. The molecule has 7 heteroatoms. The first-order valence-electron chi connectivity index (χ1n) is 4.98. The first-order chi connectivity index (χ1) is 8.16. The van der Waals surface area contributed by atoms with Crippen LogP contribution in [0.15, 0.2) is 30.6 Å². The molecule has 1 heterocycles. The van der Waals surface area contributed by atoms with Gasteiger partial charge in [0.05, 0.1) is 5.69 Å². The smallest absolute Gasteiger partial charge is 0.321 e. The van der Waals surface area contributed by atoms with Gasteiger partial charge in [-0.2, -0.15) is 0 Å². The van der Waals surface area contributed by atoms with Gasteiger partial charge >= 0.3 is 6.03 Å². The molecule has 0 spiro atoms. The van der Waals surface area contributed by atoms with E-state index >= 15 is 0 Å². The number of nitrogens with one attached hydrogen (secondary N) is 1. The van der Waals surface area contributed by atoms with Crippen molar-refractivity contribution < 1.29 is 4.79 Å². The highest BCUT2D eigenvalue weighted by Gasteiger charge is 2.05. The Labute approximate surface area is 98.0 Å². The maximum absolute atomic E-state index is 11.5. The van der Waals surface area contributed by atoms with Gasteiger partial charge in [0.25, 0.3) is 0 Å². The Morgan fingerprint density at radius 1 is 1.41 bits per heavy atom. The third-order valence-electron chi connectivity index (χ3n) is 2.12. The van der Waals surface area contributed by atoms with Crippen molar-refractivity contribution >= 4 is 11.7 Å². The van der Waals surface area contributed by atoms with Gasteiger partial charge in [0.2, 0.25) is 0 Å². The fourth-order valence-electron chi connectivity index (χ4n) is 1.24. The molecular weight excluding hydrogens is 220 g/mol. The number of tetrazole rings is 1. The molecule has 2 amide bonds. The molecule has 0 aliphatic heterocycles. The van der Waals surface area contributed by atoms with Crippen LogP contribution < -0.4 is 5.32 Å². The molecule has 0 aliphatic rings. The summed E-state index contributed by atoms with van der Waals surface area (Å²) in [6, 6.07) is 7.08. The van der Waals surface area contributed by atoms with Gasteiger partial charge in [0, 0.05) is 19.8 Å². The lowest BCUT2D eigenvalue weighted by Gasteiger charge is -2.12. The van der Waals surface area contributed by atoms with Gasteiger partial charge in [-0.3, -0.25) is 0 Å². The number of anilines is 1. The summed E-state index contributed by atoms with van der Waals surface area (Å²) < 4.78 is 1.52. The van der Waals surface area contributed by atoms with Gasteiger partial charge in [0.1, 0.15) is 6.33 Å². The predicted molar refractivity (Wildman–Crippen MR) is 61.9 cm³/mol. The second-order valence-electron chi connectivity index (χ2n) is 3.63. The summed E-state index contributed by atoms with van der Waals surface area (Å²) in [6.07, 6.45) is 1.49. The quantitative estimate of drug-likeness (QED) is 0.829.